The summed E-state index contributed by atoms with van der Waals surface area (Å²) in [7, 11) is 1.87. The molecule has 0 spiro atoms. The van der Waals surface area contributed by atoms with Crippen LogP contribution in [0, 0.1) is 0 Å². The first-order valence-electron chi connectivity index (χ1n) is 4.86. The standard InChI is InChI=1S/C10H14N4S/c1-8(9-3-4-15-7-9)11-5-10-6-14(2)13-12-10/h3-4,6-8,11H,5H2,1-2H3. The molecule has 2 heterocycles. The van der Waals surface area contributed by atoms with Crippen molar-refractivity contribution in [1.29, 1.82) is 0 Å². The molecule has 0 amide bonds. The van der Waals surface area contributed by atoms with Crippen LogP contribution >= 0.6 is 11.3 Å². The van der Waals surface area contributed by atoms with E-state index in [1.807, 2.05) is 13.2 Å². The Morgan fingerprint density at radius 3 is 3.07 bits per heavy atom. The molecule has 4 nitrogen and oxygen atoms in total. The van der Waals surface area contributed by atoms with Crippen molar-refractivity contribution in [3.8, 4) is 0 Å². The van der Waals surface area contributed by atoms with Crippen LogP contribution in [0.2, 0.25) is 0 Å². The van der Waals surface area contributed by atoms with Crippen LogP contribution in [-0.2, 0) is 13.6 Å². The van der Waals surface area contributed by atoms with Crippen LogP contribution in [0.15, 0.2) is 23.0 Å². The highest BCUT2D eigenvalue weighted by Gasteiger charge is 2.05. The maximum absolute atomic E-state index is 4.02. The molecule has 1 unspecified atom stereocenters. The van der Waals surface area contributed by atoms with Gasteiger partial charge in [-0.05, 0) is 29.3 Å². The Kier molecular flexibility index (Phi) is 3.13. The highest BCUT2D eigenvalue weighted by atomic mass is 32.1. The van der Waals surface area contributed by atoms with Crippen molar-refractivity contribution in [3.05, 3.63) is 34.3 Å². The second-order valence-corrected chi connectivity index (χ2v) is 4.32. The molecule has 0 aliphatic rings. The predicted molar refractivity (Wildman–Crippen MR) is 60.6 cm³/mol. The van der Waals surface area contributed by atoms with Gasteiger partial charge in [0.2, 0.25) is 0 Å². The molecule has 0 aliphatic heterocycles. The minimum absolute atomic E-state index is 0.359. The Hall–Kier alpha value is -1.20. The van der Waals surface area contributed by atoms with E-state index >= 15 is 0 Å². The Balaban J connectivity index is 1.88. The SMILES string of the molecule is CC(NCc1cn(C)nn1)c1ccsc1. The molecule has 15 heavy (non-hydrogen) atoms. The van der Waals surface area contributed by atoms with Gasteiger partial charge in [0.25, 0.3) is 0 Å². The summed E-state index contributed by atoms with van der Waals surface area (Å²) in [5, 5.41) is 15.6. The summed E-state index contributed by atoms with van der Waals surface area (Å²) in [6.45, 7) is 2.91. The van der Waals surface area contributed by atoms with Crippen LogP contribution in [0.1, 0.15) is 24.2 Å². The lowest BCUT2D eigenvalue weighted by atomic mass is 10.2. The molecule has 1 N–H and O–H groups in total. The van der Waals surface area contributed by atoms with Crippen molar-refractivity contribution in [3.63, 3.8) is 0 Å². The van der Waals surface area contributed by atoms with Gasteiger partial charge in [-0.25, -0.2) is 0 Å². The van der Waals surface area contributed by atoms with Gasteiger partial charge in [0.05, 0.1) is 5.69 Å². The molecule has 0 aliphatic carbocycles. The van der Waals surface area contributed by atoms with E-state index < -0.39 is 0 Å². The van der Waals surface area contributed by atoms with E-state index in [0.717, 1.165) is 12.2 Å². The van der Waals surface area contributed by atoms with Gasteiger partial charge in [-0.2, -0.15) is 11.3 Å². The topological polar surface area (TPSA) is 42.7 Å². The first-order valence-corrected chi connectivity index (χ1v) is 5.80. The van der Waals surface area contributed by atoms with E-state index in [1.165, 1.54) is 5.56 Å². The first kappa shape index (κ1) is 10.3. The minimum atomic E-state index is 0.359. The van der Waals surface area contributed by atoms with Gasteiger partial charge in [0.15, 0.2) is 0 Å². The number of aryl methyl sites for hydroxylation is 1. The third-order valence-corrected chi connectivity index (χ3v) is 2.98. The summed E-state index contributed by atoms with van der Waals surface area (Å²) in [5.74, 6) is 0. The summed E-state index contributed by atoms with van der Waals surface area (Å²) in [5.41, 5.74) is 2.29. The molecule has 0 saturated carbocycles. The summed E-state index contributed by atoms with van der Waals surface area (Å²) in [4.78, 5) is 0. The van der Waals surface area contributed by atoms with E-state index in [4.69, 9.17) is 0 Å². The van der Waals surface area contributed by atoms with Crippen molar-refractivity contribution in [2.75, 3.05) is 0 Å². The van der Waals surface area contributed by atoms with Gasteiger partial charge in [-0.15, -0.1) is 5.10 Å². The summed E-state index contributed by atoms with van der Waals surface area (Å²) in [6.07, 6.45) is 1.92. The minimum Gasteiger partial charge on any atom is -0.304 e. The zero-order valence-corrected chi connectivity index (χ0v) is 9.66. The fourth-order valence-corrected chi connectivity index (χ4v) is 2.13. The van der Waals surface area contributed by atoms with E-state index in [2.05, 4.69) is 39.4 Å². The van der Waals surface area contributed by atoms with Crippen molar-refractivity contribution in [2.45, 2.75) is 19.5 Å². The van der Waals surface area contributed by atoms with Gasteiger partial charge in [0.1, 0.15) is 0 Å². The smallest absolute Gasteiger partial charge is 0.0964 e. The number of nitrogens with zero attached hydrogens (tertiary/aromatic N) is 3. The van der Waals surface area contributed by atoms with Gasteiger partial charge in [-0.1, -0.05) is 5.21 Å². The van der Waals surface area contributed by atoms with Gasteiger partial charge in [0, 0.05) is 25.8 Å². The molecular formula is C10H14N4S. The number of rotatable bonds is 4. The molecular weight excluding hydrogens is 208 g/mol. The van der Waals surface area contributed by atoms with Crippen LogP contribution in [0.5, 0.6) is 0 Å². The lowest BCUT2D eigenvalue weighted by Gasteiger charge is -2.10. The fourth-order valence-electron chi connectivity index (χ4n) is 1.37. The van der Waals surface area contributed by atoms with E-state index in [-0.39, 0.29) is 0 Å². The van der Waals surface area contributed by atoms with E-state index in [1.54, 1.807) is 16.0 Å². The third-order valence-electron chi connectivity index (χ3n) is 2.28. The second kappa shape index (κ2) is 4.55. The molecule has 2 aromatic heterocycles. The number of hydrogen-bond donors (Lipinski definition) is 1. The first-order chi connectivity index (χ1) is 7.25. The van der Waals surface area contributed by atoms with Gasteiger partial charge < -0.3 is 5.32 Å². The number of hydrogen-bond acceptors (Lipinski definition) is 4. The van der Waals surface area contributed by atoms with Crippen LogP contribution in [-0.4, -0.2) is 15.0 Å². The highest BCUT2D eigenvalue weighted by molar-refractivity contribution is 7.07. The molecule has 5 heteroatoms. The number of aromatic nitrogens is 3. The van der Waals surface area contributed by atoms with Crippen molar-refractivity contribution < 1.29 is 0 Å². The quantitative estimate of drug-likeness (QED) is 0.856. The molecule has 1 atom stereocenters. The Labute approximate surface area is 92.9 Å². The average Bonchev–Trinajstić information content (AvgIpc) is 2.84. The van der Waals surface area contributed by atoms with Crippen LogP contribution < -0.4 is 5.32 Å². The van der Waals surface area contributed by atoms with Crippen LogP contribution in [0.3, 0.4) is 0 Å². The monoisotopic (exact) mass is 222 g/mol. The Morgan fingerprint density at radius 1 is 1.60 bits per heavy atom. The molecule has 2 aromatic rings. The largest absolute Gasteiger partial charge is 0.304 e. The second-order valence-electron chi connectivity index (χ2n) is 3.54. The van der Waals surface area contributed by atoms with Crippen LogP contribution in [0.4, 0.5) is 0 Å². The van der Waals surface area contributed by atoms with E-state index in [9.17, 15) is 0 Å². The maximum atomic E-state index is 4.02. The summed E-state index contributed by atoms with van der Waals surface area (Å²) >= 11 is 1.72. The zero-order chi connectivity index (χ0) is 10.7. The highest BCUT2D eigenvalue weighted by Crippen LogP contribution is 2.15. The Morgan fingerprint density at radius 2 is 2.47 bits per heavy atom. The molecule has 0 fully saturated rings. The van der Waals surface area contributed by atoms with Crippen molar-refractivity contribution in [1.82, 2.24) is 20.3 Å². The summed E-state index contributed by atoms with van der Waals surface area (Å²) in [6, 6.07) is 2.50. The fraction of sp³-hybridized carbons (Fsp3) is 0.400. The molecule has 0 radical (unpaired) electrons. The van der Waals surface area contributed by atoms with E-state index in [0.29, 0.717) is 6.04 Å². The molecule has 0 saturated heterocycles. The van der Waals surface area contributed by atoms with Crippen LogP contribution in [0.25, 0.3) is 0 Å². The average molecular weight is 222 g/mol. The number of nitrogens with one attached hydrogen (secondary N) is 1. The molecule has 80 valence electrons. The lowest BCUT2D eigenvalue weighted by Crippen LogP contribution is -2.17. The zero-order valence-electron chi connectivity index (χ0n) is 8.84. The maximum Gasteiger partial charge on any atom is 0.0964 e. The Bertz CT molecular complexity index is 407. The number of thiophene rings is 1. The third kappa shape index (κ3) is 2.64. The normalized spacial score (nSPS) is 12.9. The predicted octanol–water partition coefficient (Wildman–Crippen LogP) is 1.73. The van der Waals surface area contributed by atoms with Gasteiger partial charge in [-0.3, -0.25) is 4.68 Å². The molecule has 2 rings (SSSR count). The van der Waals surface area contributed by atoms with Gasteiger partial charge >= 0.3 is 0 Å². The summed E-state index contributed by atoms with van der Waals surface area (Å²) < 4.78 is 1.71. The van der Waals surface area contributed by atoms with Crippen molar-refractivity contribution in [2.24, 2.45) is 7.05 Å². The van der Waals surface area contributed by atoms with Crippen molar-refractivity contribution >= 4 is 11.3 Å². The molecule has 0 bridgehead atoms. The lowest BCUT2D eigenvalue weighted by molar-refractivity contribution is 0.568. The molecule has 0 aromatic carbocycles.